The molecule has 0 aliphatic carbocycles. The zero-order valence-electron chi connectivity index (χ0n) is 42.2. The van der Waals surface area contributed by atoms with Crippen LogP contribution >= 0.6 is 23.2 Å². The van der Waals surface area contributed by atoms with Gasteiger partial charge in [0.2, 0.25) is 0 Å². The molecule has 426 valence electrons. The number of piperazine rings is 2. The van der Waals surface area contributed by atoms with Gasteiger partial charge in [0, 0.05) is 74.5 Å². The lowest BCUT2D eigenvalue weighted by molar-refractivity contribution is -0.309. The Hall–Kier alpha value is -5.15. The van der Waals surface area contributed by atoms with Crippen molar-refractivity contribution in [1.82, 2.24) is 20.0 Å². The van der Waals surface area contributed by atoms with Gasteiger partial charge < -0.3 is 43.5 Å². The van der Waals surface area contributed by atoms with Gasteiger partial charge in [-0.05, 0) is 99.6 Å². The molecule has 0 radical (unpaired) electrons. The number of amides is 2. The van der Waals surface area contributed by atoms with Crippen LogP contribution in [0.25, 0.3) is 0 Å². The second-order valence-electron chi connectivity index (χ2n) is 19.5. The van der Waals surface area contributed by atoms with E-state index in [4.69, 9.17) is 42.1 Å². The minimum atomic E-state index is -5.78. The molecule has 2 aromatic rings. The number of carbonyl (C=O) groups is 5. The molecule has 2 aromatic carbocycles. The van der Waals surface area contributed by atoms with E-state index in [9.17, 15) is 76.7 Å². The van der Waals surface area contributed by atoms with Crippen LogP contribution in [0.4, 0.5) is 62.3 Å². The number of hydrogen-bond donors (Lipinski definition) is 1. The van der Waals surface area contributed by atoms with Crippen LogP contribution in [0.3, 0.4) is 0 Å². The van der Waals surface area contributed by atoms with Crippen LogP contribution in [0.2, 0.25) is 10.0 Å². The summed E-state index contributed by atoms with van der Waals surface area (Å²) in [5.74, 6) is -0.567. The van der Waals surface area contributed by atoms with Gasteiger partial charge in [0.15, 0.2) is 17.5 Å². The van der Waals surface area contributed by atoms with Crippen molar-refractivity contribution in [2.24, 2.45) is 0 Å². The number of rotatable bonds is 11. The lowest BCUT2D eigenvalue weighted by Crippen LogP contribution is -2.52. The monoisotopic (exact) mass is 1140 g/mol. The number of esters is 2. The number of halogens is 14. The van der Waals surface area contributed by atoms with E-state index in [-0.39, 0.29) is 64.7 Å². The number of aldehydes is 1. The average molecular weight is 1140 g/mol. The first kappa shape index (κ1) is 66.0. The summed E-state index contributed by atoms with van der Waals surface area (Å²) in [7, 11) is 0. The lowest BCUT2D eigenvalue weighted by atomic mass is 10.1. The summed E-state index contributed by atoms with van der Waals surface area (Å²) >= 11 is 12.0. The fourth-order valence-corrected chi connectivity index (χ4v) is 6.37. The largest absolute Gasteiger partial charge is 0.476 e. The highest BCUT2D eigenvalue weighted by Crippen LogP contribution is 2.38. The van der Waals surface area contributed by atoms with E-state index in [1.54, 1.807) is 73.6 Å². The van der Waals surface area contributed by atoms with E-state index in [0.29, 0.717) is 33.2 Å². The third-order valence-corrected chi connectivity index (χ3v) is 10.1. The third kappa shape index (κ3) is 22.5. The van der Waals surface area contributed by atoms with E-state index in [1.165, 1.54) is 32.0 Å². The summed E-state index contributed by atoms with van der Waals surface area (Å²) in [6.45, 7) is 17.5. The van der Waals surface area contributed by atoms with Crippen molar-refractivity contribution in [1.29, 1.82) is 0 Å². The first-order chi connectivity index (χ1) is 33.9. The Labute approximate surface area is 434 Å². The molecule has 0 unspecified atom stereocenters. The molecule has 29 heteroatoms. The van der Waals surface area contributed by atoms with Crippen molar-refractivity contribution in [3.05, 3.63) is 57.6 Å². The second-order valence-corrected chi connectivity index (χ2v) is 20.3. The van der Waals surface area contributed by atoms with Crippen LogP contribution in [0.1, 0.15) is 85.2 Å². The highest BCUT2D eigenvalue weighted by atomic mass is 35.5. The summed E-state index contributed by atoms with van der Waals surface area (Å²) in [4.78, 5) is 62.2. The maximum absolute atomic E-state index is 12.7. The van der Waals surface area contributed by atoms with Gasteiger partial charge in [0.1, 0.15) is 22.7 Å². The van der Waals surface area contributed by atoms with Crippen LogP contribution in [0.5, 0.6) is 11.5 Å². The van der Waals surface area contributed by atoms with E-state index in [0.717, 1.165) is 9.80 Å². The minimum absolute atomic E-state index is 0.00126. The van der Waals surface area contributed by atoms with Crippen molar-refractivity contribution in [2.45, 2.75) is 135 Å². The Bertz CT molecular complexity index is 2230. The molecule has 0 saturated carbocycles. The number of hydrogen-bond acceptors (Lipinski definition) is 13. The SMILES string of the molecule is CC(C)(C)OC(=O)C(C)(C)Oc1cc(Cl)ccc1C=O.CC(C)(C)OC(=O)C(C)(C)Oc1cc(Cl)ccc1CN1CCN(C(=O)OC(C(F)(F)F)C(F)(F)F)CC1.O=C(OC(C(F)(F)F)C(F)(F)F)N1CCNCC1. The number of benzene rings is 2. The average Bonchev–Trinajstić information content (AvgIpc) is 3.23. The molecule has 0 bridgehead atoms. The maximum atomic E-state index is 12.7. The molecule has 2 saturated heterocycles. The van der Waals surface area contributed by atoms with Gasteiger partial charge in [-0.2, -0.15) is 52.7 Å². The predicted molar refractivity (Wildman–Crippen MR) is 245 cm³/mol. The molecule has 1 N–H and O–H groups in total. The van der Waals surface area contributed by atoms with Crippen molar-refractivity contribution < 1.29 is 105 Å². The molecular weight excluding hydrogens is 1080 g/mol. The Morgan fingerprint density at radius 1 is 0.560 bits per heavy atom. The molecule has 2 fully saturated rings. The first-order valence-corrected chi connectivity index (χ1v) is 23.1. The van der Waals surface area contributed by atoms with Crippen molar-refractivity contribution in [3.63, 3.8) is 0 Å². The quantitative estimate of drug-likeness (QED) is 0.0980. The molecule has 2 aliphatic heterocycles. The second kappa shape index (κ2) is 25.8. The molecule has 0 atom stereocenters. The number of alkyl halides is 12. The highest BCUT2D eigenvalue weighted by molar-refractivity contribution is 6.31. The number of ether oxygens (including phenoxy) is 6. The molecular formula is C46H58Cl2F12N4O11. The van der Waals surface area contributed by atoms with Gasteiger partial charge in [-0.25, -0.2) is 19.2 Å². The van der Waals surface area contributed by atoms with Gasteiger partial charge in [0.05, 0.1) is 5.56 Å². The van der Waals surface area contributed by atoms with Gasteiger partial charge in [-0.3, -0.25) is 9.69 Å². The Kier molecular flexibility index (Phi) is 22.7. The van der Waals surface area contributed by atoms with Crippen molar-refractivity contribution >= 4 is 53.6 Å². The smallest absolute Gasteiger partial charge is 0.434 e. The summed E-state index contributed by atoms with van der Waals surface area (Å²) in [5.41, 5.74) is -3.01. The predicted octanol–water partition coefficient (Wildman–Crippen LogP) is 10.8. The molecule has 2 amide bonds. The zero-order valence-corrected chi connectivity index (χ0v) is 43.7. The topological polar surface area (TPSA) is 162 Å². The Morgan fingerprint density at radius 2 is 0.920 bits per heavy atom. The van der Waals surface area contributed by atoms with Gasteiger partial charge in [0.25, 0.3) is 12.2 Å². The highest BCUT2D eigenvalue weighted by Gasteiger charge is 2.61. The minimum Gasteiger partial charge on any atom is -0.476 e. The Balaban J connectivity index is 0.000000425. The zero-order chi connectivity index (χ0) is 57.9. The van der Waals surface area contributed by atoms with E-state index < -0.39 is 83.4 Å². The maximum Gasteiger partial charge on any atom is 0.434 e. The third-order valence-electron chi connectivity index (χ3n) is 9.67. The Morgan fingerprint density at radius 3 is 1.29 bits per heavy atom. The molecule has 2 heterocycles. The number of nitrogens with one attached hydrogen (secondary N) is 1. The van der Waals surface area contributed by atoms with Crippen molar-refractivity contribution in [2.75, 3.05) is 52.4 Å². The van der Waals surface area contributed by atoms with Crippen LogP contribution in [-0.2, 0) is 35.1 Å². The molecule has 2 aliphatic rings. The van der Waals surface area contributed by atoms with Crippen LogP contribution in [0, 0.1) is 0 Å². The summed E-state index contributed by atoms with van der Waals surface area (Å²) in [6, 6.07) is 9.41. The fraction of sp³-hybridized carbons (Fsp3) is 0.630. The van der Waals surface area contributed by atoms with E-state index >= 15 is 0 Å². The van der Waals surface area contributed by atoms with E-state index in [2.05, 4.69) is 14.8 Å². The van der Waals surface area contributed by atoms with Gasteiger partial charge in [-0.15, -0.1) is 0 Å². The standard InChI is InChI=1S/C23H29ClF6N2O5.C15H19ClO4.C8H10F6N2O2/c1-20(2,3)37-18(33)21(4,5)36-16-12-15(24)7-6-14(16)13-31-8-10-32(11-9-31)19(34)35-17(22(25,26)27)23(28,29)30;1-14(2,3)20-13(18)15(4,5)19-12-8-11(16)7-6-10(12)9-17;9-7(10,11)5(8(12,13)14)18-6(17)16-3-1-15-2-4-16/h6-7,12,17H,8-11,13H2,1-5H3;6-9H,1-5H3;5,15H,1-4H2. The summed E-state index contributed by atoms with van der Waals surface area (Å²) in [6.07, 6.45) is -33.9. The van der Waals surface area contributed by atoms with Gasteiger partial charge >= 0.3 is 48.8 Å². The van der Waals surface area contributed by atoms with Gasteiger partial charge in [-0.1, -0.05) is 29.3 Å². The summed E-state index contributed by atoms with van der Waals surface area (Å²) in [5, 5.41) is 3.55. The molecule has 15 nitrogen and oxygen atoms in total. The van der Waals surface area contributed by atoms with E-state index in [1.807, 2.05) is 4.90 Å². The lowest BCUT2D eigenvalue weighted by Gasteiger charge is -2.35. The number of nitrogens with zero attached hydrogens (tertiary/aromatic N) is 3. The summed E-state index contributed by atoms with van der Waals surface area (Å²) < 4.78 is 178. The molecule has 0 spiro atoms. The van der Waals surface area contributed by atoms with Crippen LogP contribution < -0.4 is 14.8 Å². The molecule has 4 rings (SSSR count). The van der Waals surface area contributed by atoms with Crippen molar-refractivity contribution in [3.8, 4) is 11.5 Å². The normalized spacial score (nSPS) is 15.4. The first-order valence-electron chi connectivity index (χ1n) is 22.4. The fourth-order valence-electron chi connectivity index (χ4n) is 6.05. The number of carbonyl (C=O) groups excluding carboxylic acids is 5. The molecule has 75 heavy (non-hydrogen) atoms. The molecule has 0 aromatic heterocycles. The van der Waals surface area contributed by atoms with Crippen LogP contribution in [0.15, 0.2) is 36.4 Å². The van der Waals surface area contributed by atoms with Crippen LogP contribution in [-0.4, -0.2) is 157 Å².